The zero-order chi connectivity index (χ0) is 29.2. The van der Waals surface area contributed by atoms with E-state index < -0.39 is 27.0 Å². The highest BCUT2D eigenvalue weighted by Gasteiger charge is 2.54. The highest BCUT2D eigenvalue weighted by molar-refractivity contribution is 7.90. The number of aryl methyl sites for hydroxylation is 1. The molecule has 2 aromatic carbocycles. The highest BCUT2D eigenvalue weighted by Crippen LogP contribution is 2.47. The summed E-state index contributed by atoms with van der Waals surface area (Å²) in [4.78, 5) is 26.0. The highest BCUT2D eigenvalue weighted by atomic mass is 32.2. The molecule has 2 aromatic heterocycles. The van der Waals surface area contributed by atoms with Crippen molar-refractivity contribution in [2.75, 3.05) is 24.5 Å². The van der Waals surface area contributed by atoms with Crippen molar-refractivity contribution < 1.29 is 22.3 Å². The van der Waals surface area contributed by atoms with Crippen LogP contribution in [0.2, 0.25) is 0 Å². The maximum Gasteiger partial charge on any atom is 0.410 e. The predicted octanol–water partition coefficient (Wildman–Crippen LogP) is 5.37. The van der Waals surface area contributed by atoms with Crippen LogP contribution < -0.4 is 4.90 Å². The van der Waals surface area contributed by atoms with Crippen molar-refractivity contribution in [3.63, 3.8) is 0 Å². The number of nitrogens with zero attached hydrogens (tertiary/aromatic N) is 5. The van der Waals surface area contributed by atoms with Gasteiger partial charge in [0.1, 0.15) is 23.6 Å². The fourth-order valence-electron chi connectivity index (χ4n) is 5.48. The Morgan fingerprint density at radius 3 is 2.37 bits per heavy atom. The Hall–Kier alpha value is -3.99. The Bertz CT molecular complexity index is 1760. The summed E-state index contributed by atoms with van der Waals surface area (Å²) in [6, 6.07) is 12.8. The molecule has 214 valence electrons. The number of halogens is 1. The van der Waals surface area contributed by atoms with Crippen LogP contribution in [-0.4, -0.2) is 64.1 Å². The number of amides is 1. The van der Waals surface area contributed by atoms with Crippen LogP contribution in [0.4, 0.5) is 15.0 Å². The van der Waals surface area contributed by atoms with Crippen molar-refractivity contribution in [3.05, 3.63) is 72.4 Å². The first-order valence-electron chi connectivity index (χ1n) is 13.6. The third-order valence-electron chi connectivity index (χ3n) is 7.67. The first-order chi connectivity index (χ1) is 19.4. The lowest BCUT2D eigenvalue weighted by atomic mass is 10.0. The van der Waals surface area contributed by atoms with Crippen LogP contribution in [0.15, 0.2) is 66.0 Å². The molecule has 1 saturated heterocycles. The summed E-state index contributed by atoms with van der Waals surface area (Å²) < 4.78 is 49.7. The summed E-state index contributed by atoms with van der Waals surface area (Å²) in [5.41, 5.74) is 0.713. The van der Waals surface area contributed by atoms with E-state index in [2.05, 4.69) is 9.97 Å². The first kappa shape index (κ1) is 27.2. The SMILES string of the molecule is Cc1ccc(S(=O)(=O)n2cc(-c3ccccc3F)c3c(N4CCN(C(=O)OC(C)(C)C)C5(CC5)C4)ncnc32)cc1. The van der Waals surface area contributed by atoms with Gasteiger partial charge in [-0.2, -0.15) is 0 Å². The van der Waals surface area contributed by atoms with Crippen LogP contribution in [0, 0.1) is 12.7 Å². The number of ether oxygens (including phenoxy) is 1. The number of fused-ring (bicyclic) bond motifs is 1. The number of hydrogen-bond donors (Lipinski definition) is 0. The number of anilines is 1. The molecular weight excluding hydrogens is 545 g/mol. The average Bonchev–Trinajstić information content (AvgIpc) is 3.55. The summed E-state index contributed by atoms with van der Waals surface area (Å²) in [5.74, 6) is 0.0173. The van der Waals surface area contributed by atoms with Crippen molar-refractivity contribution in [2.24, 2.45) is 0 Å². The standard InChI is InChI=1S/C30H32FN5O4S/c1-20-9-11-21(12-10-20)41(38,39)36-17-23(22-7-5-6-8-24(22)31)25-26(32-19-33-27(25)36)34-15-16-35(30(18-34)13-14-30)28(37)40-29(2,3)4/h5-12,17,19H,13-16,18H2,1-4H3. The van der Waals surface area contributed by atoms with Gasteiger partial charge in [-0.1, -0.05) is 35.9 Å². The largest absolute Gasteiger partial charge is 0.444 e. The number of carbonyl (C=O) groups excluding carboxylic acids is 1. The number of rotatable bonds is 4. The summed E-state index contributed by atoms with van der Waals surface area (Å²) >= 11 is 0. The molecule has 0 bridgehead atoms. The molecular formula is C30H32FN5O4S. The second-order valence-electron chi connectivity index (χ2n) is 11.8. The van der Waals surface area contributed by atoms with Crippen LogP contribution in [0.3, 0.4) is 0 Å². The summed E-state index contributed by atoms with van der Waals surface area (Å²) in [6.07, 6.45) is 4.06. The number of hydrogen-bond acceptors (Lipinski definition) is 7. The second kappa shape index (κ2) is 9.54. The zero-order valence-corrected chi connectivity index (χ0v) is 24.3. The van der Waals surface area contributed by atoms with Gasteiger partial charge in [-0.3, -0.25) is 4.90 Å². The molecule has 4 aromatic rings. The minimum atomic E-state index is -4.06. The molecule has 3 heterocycles. The number of carbonyl (C=O) groups is 1. The smallest absolute Gasteiger partial charge is 0.410 e. The van der Waals surface area contributed by atoms with Gasteiger partial charge >= 0.3 is 6.09 Å². The van der Waals surface area contributed by atoms with Crippen molar-refractivity contribution in [1.29, 1.82) is 0 Å². The Balaban J connectivity index is 1.47. The van der Waals surface area contributed by atoms with Crippen LogP contribution in [-0.2, 0) is 14.8 Å². The van der Waals surface area contributed by atoms with Gasteiger partial charge in [-0.15, -0.1) is 0 Å². The zero-order valence-electron chi connectivity index (χ0n) is 23.5. The molecule has 1 spiro atoms. The number of benzene rings is 2. The van der Waals surface area contributed by atoms with Crippen LogP contribution in [0.5, 0.6) is 0 Å². The molecule has 0 atom stereocenters. The average molecular weight is 578 g/mol. The lowest BCUT2D eigenvalue weighted by Crippen LogP contribution is -2.58. The molecule has 6 rings (SSSR count). The van der Waals surface area contributed by atoms with Gasteiger partial charge in [-0.25, -0.2) is 31.5 Å². The third kappa shape index (κ3) is 4.81. The van der Waals surface area contributed by atoms with E-state index in [0.29, 0.717) is 36.4 Å². The molecule has 0 radical (unpaired) electrons. The van der Waals surface area contributed by atoms with Crippen molar-refractivity contribution in [2.45, 2.75) is 56.6 Å². The molecule has 1 saturated carbocycles. The van der Waals surface area contributed by atoms with E-state index in [1.807, 2.05) is 32.6 Å². The predicted molar refractivity (Wildman–Crippen MR) is 154 cm³/mol. The van der Waals surface area contributed by atoms with Gasteiger partial charge in [0.2, 0.25) is 0 Å². The Kier molecular flexibility index (Phi) is 6.33. The second-order valence-corrected chi connectivity index (χ2v) is 13.6. The van der Waals surface area contributed by atoms with E-state index in [4.69, 9.17) is 4.74 Å². The molecule has 9 nitrogen and oxygen atoms in total. The van der Waals surface area contributed by atoms with Crippen molar-refractivity contribution in [3.8, 4) is 11.1 Å². The lowest BCUT2D eigenvalue weighted by molar-refractivity contribution is 0.0106. The van der Waals surface area contributed by atoms with Gasteiger partial charge in [-0.05, 0) is 58.7 Å². The molecule has 2 fully saturated rings. The lowest BCUT2D eigenvalue weighted by Gasteiger charge is -2.43. The Morgan fingerprint density at radius 1 is 1.00 bits per heavy atom. The first-order valence-corrected chi connectivity index (χ1v) is 15.0. The maximum atomic E-state index is 15.2. The molecule has 0 N–H and O–H groups in total. The van der Waals surface area contributed by atoms with E-state index >= 15 is 4.39 Å². The van der Waals surface area contributed by atoms with Crippen molar-refractivity contribution in [1.82, 2.24) is 18.8 Å². The van der Waals surface area contributed by atoms with E-state index in [0.717, 1.165) is 22.4 Å². The summed E-state index contributed by atoms with van der Waals surface area (Å²) in [6.45, 7) is 8.77. The van der Waals surface area contributed by atoms with Crippen LogP contribution in [0.1, 0.15) is 39.2 Å². The monoisotopic (exact) mass is 577 g/mol. The van der Waals surface area contributed by atoms with E-state index in [1.54, 1.807) is 47.4 Å². The fourth-order valence-corrected chi connectivity index (χ4v) is 6.80. The van der Waals surface area contributed by atoms with Gasteiger partial charge in [0.25, 0.3) is 10.0 Å². The molecule has 1 aliphatic carbocycles. The van der Waals surface area contributed by atoms with Crippen LogP contribution in [0.25, 0.3) is 22.2 Å². The number of aromatic nitrogens is 3. The molecule has 11 heteroatoms. The van der Waals surface area contributed by atoms with E-state index in [9.17, 15) is 13.2 Å². The van der Waals surface area contributed by atoms with Crippen LogP contribution >= 0.6 is 0 Å². The van der Waals surface area contributed by atoms with Crippen molar-refractivity contribution >= 4 is 33.0 Å². The van der Waals surface area contributed by atoms with Gasteiger partial charge < -0.3 is 9.64 Å². The van der Waals surface area contributed by atoms with E-state index in [1.165, 1.54) is 18.6 Å². The Labute approximate surface area is 238 Å². The topological polar surface area (TPSA) is 97.6 Å². The molecule has 1 aliphatic heterocycles. The molecule has 0 unspecified atom stereocenters. The summed E-state index contributed by atoms with van der Waals surface area (Å²) in [5, 5.41) is 0.440. The Morgan fingerprint density at radius 2 is 1.71 bits per heavy atom. The van der Waals surface area contributed by atoms with Gasteiger partial charge in [0.15, 0.2) is 5.65 Å². The minimum absolute atomic E-state index is 0.100. The fraction of sp³-hybridized carbons (Fsp3) is 0.367. The maximum absolute atomic E-state index is 15.2. The third-order valence-corrected chi connectivity index (χ3v) is 9.33. The van der Waals surface area contributed by atoms with Gasteiger partial charge in [0, 0.05) is 37.0 Å². The molecule has 2 aliphatic rings. The quantitative estimate of drug-likeness (QED) is 0.322. The molecule has 41 heavy (non-hydrogen) atoms. The van der Waals surface area contributed by atoms with Gasteiger partial charge in [0.05, 0.1) is 15.8 Å². The number of piperazine rings is 1. The molecule has 1 amide bonds. The van der Waals surface area contributed by atoms with E-state index in [-0.39, 0.29) is 22.2 Å². The normalized spacial score (nSPS) is 16.8. The summed E-state index contributed by atoms with van der Waals surface area (Å²) in [7, 11) is -4.06. The minimum Gasteiger partial charge on any atom is -0.444 e.